The molecule has 0 saturated carbocycles. The van der Waals surface area contributed by atoms with E-state index in [1.807, 2.05) is 13.8 Å². The third-order valence-electron chi connectivity index (χ3n) is 4.49. The normalized spacial score (nSPS) is 11.4. The lowest BCUT2D eigenvalue weighted by atomic mass is 9.82. The van der Waals surface area contributed by atoms with Crippen LogP contribution in [0.1, 0.15) is 77.6 Å². The molecule has 2 rings (SSSR count). The molecule has 0 unspecified atom stereocenters. The summed E-state index contributed by atoms with van der Waals surface area (Å²) in [5.74, 6) is 0. The predicted molar refractivity (Wildman–Crippen MR) is 120 cm³/mol. The third kappa shape index (κ3) is 6.67. The lowest BCUT2D eigenvalue weighted by molar-refractivity contribution is 0.577. The monoisotopic (exact) mass is 348 g/mol. The summed E-state index contributed by atoms with van der Waals surface area (Å²) < 4.78 is 0. The molecular weight excluding hydrogens is 312 g/mol. The Kier molecular flexibility index (Phi) is 7.21. The highest BCUT2D eigenvalue weighted by Crippen LogP contribution is 2.26. The summed E-state index contributed by atoms with van der Waals surface area (Å²) in [5.41, 5.74) is 7.93. The van der Waals surface area contributed by atoms with Gasteiger partial charge in [-0.25, -0.2) is 0 Å². The van der Waals surface area contributed by atoms with Crippen molar-refractivity contribution in [2.24, 2.45) is 0 Å². The van der Waals surface area contributed by atoms with Crippen molar-refractivity contribution < 1.29 is 0 Å². The highest BCUT2D eigenvalue weighted by Gasteiger charge is 2.16. The van der Waals surface area contributed by atoms with E-state index in [1.165, 1.54) is 22.3 Å². The molecule has 0 atom stereocenters. The van der Waals surface area contributed by atoms with Gasteiger partial charge in [0.1, 0.15) is 0 Å². The van der Waals surface area contributed by atoms with Crippen LogP contribution in [0.4, 0.5) is 0 Å². The topological polar surface area (TPSA) is 0 Å². The van der Waals surface area contributed by atoms with Gasteiger partial charge in [-0.15, -0.1) is 0 Å². The maximum absolute atomic E-state index is 3.88. The van der Waals surface area contributed by atoms with E-state index in [1.54, 1.807) is 0 Å². The first-order valence-electron chi connectivity index (χ1n) is 9.35. The number of hydrogen-bond donors (Lipinski definition) is 0. The maximum Gasteiger partial charge on any atom is -0.0132 e. The van der Waals surface area contributed by atoms with Crippen LogP contribution in [-0.2, 0) is 10.8 Å². The van der Waals surface area contributed by atoms with Crippen LogP contribution in [0, 0.1) is 0 Å². The molecule has 0 aliphatic rings. The van der Waals surface area contributed by atoms with Gasteiger partial charge in [0.2, 0.25) is 0 Å². The quantitative estimate of drug-likeness (QED) is 0.515. The summed E-state index contributed by atoms with van der Waals surface area (Å²) in [6.07, 6.45) is 0. The maximum atomic E-state index is 3.88. The third-order valence-corrected chi connectivity index (χ3v) is 4.49. The Hall–Kier alpha value is -2.08. The van der Waals surface area contributed by atoms with E-state index in [0.717, 1.165) is 11.1 Å². The molecule has 0 N–H and O–H groups in total. The second-order valence-corrected chi connectivity index (χ2v) is 9.22. The van der Waals surface area contributed by atoms with Crippen molar-refractivity contribution >= 4 is 11.1 Å². The smallest absolute Gasteiger partial charge is 0.0132 e. The van der Waals surface area contributed by atoms with Crippen LogP contribution >= 0.6 is 0 Å². The highest BCUT2D eigenvalue weighted by molar-refractivity contribution is 5.66. The molecule has 0 bridgehead atoms. The van der Waals surface area contributed by atoms with Gasteiger partial charge in [-0.1, -0.05) is 114 Å². The Labute approximate surface area is 161 Å². The number of rotatable bonds is 2. The Balaban J connectivity index is 0.000000263. The van der Waals surface area contributed by atoms with Gasteiger partial charge in [-0.2, -0.15) is 0 Å². The standard InChI is InChI=1S/C14H22.C12H14/c1-13(2,3)11-7-9-12(10-8-11)14(4,5)6;1-9(2)11-5-7-12(8-6-11)10(3)4/h7-10H,1-6H3;5-8H,1,3H2,2,4H3. The molecule has 140 valence electrons. The Morgan fingerprint density at radius 2 is 0.769 bits per heavy atom. The van der Waals surface area contributed by atoms with Crippen LogP contribution in [0.3, 0.4) is 0 Å². The molecule has 0 aliphatic carbocycles. The molecule has 2 aromatic carbocycles. The lowest BCUT2D eigenvalue weighted by Crippen LogP contribution is -2.14. The molecule has 0 radical (unpaired) electrons. The van der Waals surface area contributed by atoms with Gasteiger partial charge in [0.05, 0.1) is 0 Å². The van der Waals surface area contributed by atoms with E-state index in [2.05, 4.69) is 103 Å². The second-order valence-electron chi connectivity index (χ2n) is 9.22. The summed E-state index contributed by atoms with van der Waals surface area (Å²) in [7, 11) is 0. The molecule has 0 fully saturated rings. The second kappa shape index (κ2) is 8.54. The van der Waals surface area contributed by atoms with Gasteiger partial charge < -0.3 is 0 Å². The van der Waals surface area contributed by atoms with Gasteiger partial charge in [-0.3, -0.25) is 0 Å². The van der Waals surface area contributed by atoms with E-state index in [9.17, 15) is 0 Å². The Morgan fingerprint density at radius 3 is 0.923 bits per heavy atom. The van der Waals surface area contributed by atoms with Crippen molar-refractivity contribution in [1.29, 1.82) is 0 Å². The van der Waals surface area contributed by atoms with Crippen molar-refractivity contribution in [3.8, 4) is 0 Å². The Morgan fingerprint density at radius 1 is 0.538 bits per heavy atom. The fourth-order valence-corrected chi connectivity index (χ4v) is 2.51. The molecular formula is C26H36. The van der Waals surface area contributed by atoms with Crippen molar-refractivity contribution in [3.05, 3.63) is 83.9 Å². The van der Waals surface area contributed by atoms with E-state index in [0.29, 0.717) is 0 Å². The van der Waals surface area contributed by atoms with Gasteiger partial charge in [-0.05, 0) is 46.9 Å². The minimum atomic E-state index is 0.260. The first-order chi connectivity index (χ1) is 11.8. The fraction of sp³-hybridized carbons (Fsp3) is 0.385. The SMILES string of the molecule is C=C(C)c1ccc(C(=C)C)cc1.CC(C)(C)c1ccc(C(C)(C)C)cc1. The minimum Gasteiger partial charge on any atom is -0.0955 e. The molecule has 26 heavy (non-hydrogen) atoms. The van der Waals surface area contributed by atoms with Crippen molar-refractivity contribution in [3.63, 3.8) is 0 Å². The summed E-state index contributed by atoms with van der Waals surface area (Å²) in [6.45, 7) is 25.3. The molecule has 0 heterocycles. The molecule has 0 aromatic heterocycles. The van der Waals surface area contributed by atoms with Gasteiger partial charge in [0.15, 0.2) is 0 Å². The van der Waals surface area contributed by atoms with E-state index in [4.69, 9.17) is 0 Å². The van der Waals surface area contributed by atoms with Crippen LogP contribution in [0.25, 0.3) is 11.1 Å². The number of allylic oxidation sites excluding steroid dienone is 2. The van der Waals surface area contributed by atoms with E-state index < -0.39 is 0 Å². The zero-order chi connectivity index (χ0) is 20.1. The summed E-state index contributed by atoms with van der Waals surface area (Å²) >= 11 is 0. The first-order valence-corrected chi connectivity index (χ1v) is 9.35. The van der Waals surface area contributed by atoms with Crippen LogP contribution < -0.4 is 0 Å². The molecule has 0 saturated heterocycles. The fourth-order valence-electron chi connectivity index (χ4n) is 2.51. The lowest BCUT2D eigenvalue weighted by Gasteiger charge is -2.23. The van der Waals surface area contributed by atoms with Crippen LogP contribution in [0.5, 0.6) is 0 Å². The van der Waals surface area contributed by atoms with Crippen molar-refractivity contribution in [2.45, 2.75) is 66.2 Å². The molecule has 0 amide bonds. The molecule has 2 aromatic rings. The van der Waals surface area contributed by atoms with Gasteiger partial charge >= 0.3 is 0 Å². The van der Waals surface area contributed by atoms with Crippen LogP contribution in [-0.4, -0.2) is 0 Å². The van der Waals surface area contributed by atoms with E-state index in [-0.39, 0.29) is 10.8 Å². The number of hydrogen-bond acceptors (Lipinski definition) is 0. The first kappa shape index (κ1) is 22.0. The predicted octanol–water partition coefficient (Wildman–Crippen LogP) is 8.03. The average Bonchev–Trinajstić information content (AvgIpc) is 2.54. The zero-order valence-corrected chi connectivity index (χ0v) is 18.0. The molecule has 0 nitrogen and oxygen atoms in total. The summed E-state index contributed by atoms with van der Waals surface area (Å²) in [5, 5.41) is 0. The largest absolute Gasteiger partial charge is 0.0955 e. The molecule has 0 heteroatoms. The van der Waals surface area contributed by atoms with Crippen molar-refractivity contribution in [2.75, 3.05) is 0 Å². The van der Waals surface area contributed by atoms with Crippen molar-refractivity contribution in [1.82, 2.24) is 0 Å². The summed E-state index contributed by atoms with van der Waals surface area (Å²) in [6, 6.07) is 17.3. The minimum absolute atomic E-state index is 0.260. The van der Waals surface area contributed by atoms with Crippen LogP contribution in [0.2, 0.25) is 0 Å². The zero-order valence-electron chi connectivity index (χ0n) is 18.0. The summed E-state index contributed by atoms with van der Waals surface area (Å²) in [4.78, 5) is 0. The Bertz CT molecular complexity index is 661. The van der Waals surface area contributed by atoms with Crippen LogP contribution in [0.15, 0.2) is 61.7 Å². The molecule has 0 spiro atoms. The van der Waals surface area contributed by atoms with Gasteiger partial charge in [0, 0.05) is 0 Å². The number of benzene rings is 2. The molecule has 0 aliphatic heterocycles. The highest BCUT2D eigenvalue weighted by atomic mass is 14.2. The van der Waals surface area contributed by atoms with Gasteiger partial charge in [0.25, 0.3) is 0 Å². The van der Waals surface area contributed by atoms with E-state index >= 15 is 0 Å². The average molecular weight is 349 g/mol.